The lowest BCUT2D eigenvalue weighted by Crippen LogP contribution is -2.37. The van der Waals surface area contributed by atoms with Crippen LogP contribution in [0.5, 0.6) is 0 Å². The number of methoxy groups -OCH3 is 1. The quantitative estimate of drug-likeness (QED) is 0.374. The summed E-state index contributed by atoms with van der Waals surface area (Å²) in [5.74, 6) is 0.175. The van der Waals surface area contributed by atoms with E-state index in [1.54, 1.807) is 29.8 Å². The lowest BCUT2D eigenvalue weighted by molar-refractivity contribution is -0.195. The van der Waals surface area contributed by atoms with Crippen molar-refractivity contribution in [1.82, 2.24) is 9.55 Å². The van der Waals surface area contributed by atoms with Gasteiger partial charge in [-0.2, -0.15) is 0 Å². The van der Waals surface area contributed by atoms with Crippen LogP contribution in [0.1, 0.15) is 72.9 Å². The third-order valence-corrected chi connectivity index (χ3v) is 6.38. The summed E-state index contributed by atoms with van der Waals surface area (Å²) < 4.78 is 13.0. The van der Waals surface area contributed by atoms with Crippen LogP contribution >= 0.6 is 0 Å². The fourth-order valence-electron chi connectivity index (χ4n) is 3.67. The molecule has 1 aromatic heterocycles. The Labute approximate surface area is 206 Å². The lowest BCUT2D eigenvalue weighted by atomic mass is 9.83. The third-order valence-electron chi connectivity index (χ3n) is 6.38. The predicted octanol–water partition coefficient (Wildman–Crippen LogP) is 6.57. The summed E-state index contributed by atoms with van der Waals surface area (Å²) in [4.78, 5) is 14.0. The summed E-state index contributed by atoms with van der Waals surface area (Å²) >= 11 is 0. The van der Waals surface area contributed by atoms with Crippen LogP contribution in [0, 0.1) is 11.8 Å². The molecule has 0 saturated heterocycles. The van der Waals surface area contributed by atoms with E-state index in [1.807, 2.05) is 33.0 Å². The smallest absolute Gasteiger partial charge is 0.328 e. The minimum absolute atomic E-state index is 0.213. The summed E-state index contributed by atoms with van der Waals surface area (Å²) in [6.45, 7) is 16.8. The van der Waals surface area contributed by atoms with Crippen LogP contribution in [0.25, 0.3) is 6.08 Å². The molecule has 0 saturated carbocycles. The summed E-state index contributed by atoms with van der Waals surface area (Å²) in [7, 11) is 3.46. The molecule has 6 heteroatoms. The van der Waals surface area contributed by atoms with Crippen molar-refractivity contribution in [3.05, 3.63) is 60.2 Å². The number of imidazole rings is 1. The van der Waals surface area contributed by atoms with E-state index in [4.69, 9.17) is 14.6 Å². The monoisotopic (exact) mass is 472 g/mol. The molecule has 1 aliphatic heterocycles. The fraction of sp³-hybridized carbons (Fsp3) is 0.571. The summed E-state index contributed by atoms with van der Waals surface area (Å²) in [6.07, 6.45) is 17.3. The van der Waals surface area contributed by atoms with Gasteiger partial charge in [-0.1, -0.05) is 45.1 Å². The van der Waals surface area contributed by atoms with E-state index in [2.05, 4.69) is 45.3 Å². The summed E-state index contributed by atoms with van der Waals surface area (Å²) in [5, 5.41) is 8.26. The second kappa shape index (κ2) is 13.4. The summed E-state index contributed by atoms with van der Waals surface area (Å²) in [6, 6.07) is 0. The minimum atomic E-state index is -0.962. The largest absolute Gasteiger partial charge is 0.478 e. The Balaban J connectivity index is 0.000000257. The number of aromatic nitrogens is 2. The molecule has 0 fully saturated rings. The number of ether oxygens (including phenoxy) is 2. The number of hydrogen-bond donors (Lipinski definition) is 1. The van der Waals surface area contributed by atoms with Crippen molar-refractivity contribution >= 4 is 12.0 Å². The standard InChI is InChI=1S/C11H18O2.C10H18.C7H8N2O2/c1-6-10(4)7-8-11(12-5,13-10)9(2)3;1-8(2)10-6-4-9(3)5-7-10;1-9-4-6(8-5-9)2-3-7(10)11/h7-8H,2,6H2,1,3-5H3;4,8,10H,5-7H2,1-3H3;2-5H,1H3,(H,10,11)/b;;3-2+/t10-,11-;;/m1../s1. The minimum Gasteiger partial charge on any atom is -0.478 e. The van der Waals surface area contributed by atoms with Gasteiger partial charge < -0.3 is 19.1 Å². The molecule has 0 radical (unpaired) electrons. The summed E-state index contributed by atoms with van der Waals surface area (Å²) in [5.41, 5.74) is 2.91. The highest BCUT2D eigenvalue weighted by Crippen LogP contribution is 2.37. The van der Waals surface area contributed by atoms with Crippen molar-refractivity contribution in [2.24, 2.45) is 18.9 Å². The molecule has 3 atom stereocenters. The molecule has 3 rings (SSSR count). The highest BCUT2D eigenvalue weighted by atomic mass is 16.7. The fourth-order valence-corrected chi connectivity index (χ4v) is 3.67. The normalized spacial score (nSPS) is 25.9. The second-order valence-corrected chi connectivity index (χ2v) is 9.72. The molecule has 2 aliphatic rings. The van der Waals surface area contributed by atoms with Gasteiger partial charge in [-0.3, -0.25) is 0 Å². The van der Waals surface area contributed by atoms with Crippen LogP contribution in [0.15, 0.2) is 54.6 Å². The van der Waals surface area contributed by atoms with Gasteiger partial charge in [-0.05, 0) is 76.0 Å². The van der Waals surface area contributed by atoms with Crippen LogP contribution in [0.4, 0.5) is 0 Å². The van der Waals surface area contributed by atoms with Gasteiger partial charge in [0.15, 0.2) is 0 Å². The maximum atomic E-state index is 10.1. The number of nitrogens with zero attached hydrogens (tertiary/aromatic N) is 2. The van der Waals surface area contributed by atoms with Crippen molar-refractivity contribution in [2.45, 2.75) is 78.6 Å². The first-order chi connectivity index (χ1) is 15.9. The Kier molecular flexibility index (Phi) is 11.7. The molecule has 2 heterocycles. The van der Waals surface area contributed by atoms with Gasteiger partial charge in [0.1, 0.15) is 0 Å². The van der Waals surface area contributed by atoms with Crippen molar-refractivity contribution < 1.29 is 19.4 Å². The van der Waals surface area contributed by atoms with Gasteiger partial charge in [0.05, 0.1) is 17.6 Å². The Bertz CT molecular complexity index is 896. The maximum Gasteiger partial charge on any atom is 0.328 e. The van der Waals surface area contributed by atoms with E-state index >= 15 is 0 Å². The van der Waals surface area contributed by atoms with Crippen LogP contribution in [0.2, 0.25) is 0 Å². The highest BCUT2D eigenvalue weighted by Gasteiger charge is 2.41. The zero-order chi connectivity index (χ0) is 25.9. The predicted molar refractivity (Wildman–Crippen MR) is 139 cm³/mol. The molecule has 0 spiro atoms. The average molecular weight is 473 g/mol. The number of rotatable bonds is 6. The van der Waals surface area contributed by atoms with Crippen molar-refractivity contribution in [3.63, 3.8) is 0 Å². The number of hydrogen-bond acceptors (Lipinski definition) is 4. The Morgan fingerprint density at radius 2 is 2.12 bits per heavy atom. The average Bonchev–Trinajstić information content (AvgIpc) is 3.37. The maximum absolute atomic E-state index is 10.1. The van der Waals surface area contributed by atoms with Crippen LogP contribution in [-0.4, -0.2) is 39.1 Å². The second-order valence-electron chi connectivity index (χ2n) is 9.72. The number of aliphatic carboxylic acids is 1. The third kappa shape index (κ3) is 9.43. The van der Waals surface area contributed by atoms with Gasteiger partial charge in [0, 0.05) is 26.4 Å². The van der Waals surface area contributed by atoms with Crippen molar-refractivity contribution in [2.75, 3.05) is 7.11 Å². The zero-order valence-corrected chi connectivity index (χ0v) is 22.3. The number of allylic oxidation sites excluding steroid dienone is 2. The van der Waals surface area contributed by atoms with Gasteiger partial charge in [-0.15, -0.1) is 0 Å². The van der Waals surface area contributed by atoms with E-state index in [-0.39, 0.29) is 5.60 Å². The van der Waals surface area contributed by atoms with Gasteiger partial charge in [-0.25, -0.2) is 9.78 Å². The van der Waals surface area contributed by atoms with E-state index in [1.165, 1.54) is 25.3 Å². The van der Waals surface area contributed by atoms with E-state index in [9.17, 15) is 4.79 Å². The zero-order valence-electron chi connectivity index (χ0n) is 22.3. The van der Waals surface area contributed by atoms with E-state index < -0.39 is 11.8 Å². The molecule has 1 unspecified atom stereocenters. The number of aryl methyl sites for hydroxylation is 1. The molecule has 0 bridgehead atoms. The van der Waals surface area contributed by atoms with Crippen molar-refractivity contribution in [3.8, 4) is 0 Å². The van der Waals surface area contributed by atoms with Crippen LogP contribution < -0.4 is 0 Å². The Hall–Kier alpha value is -2.44. The number of carboxylic acid groups (broad SMARTS) is 1. The Morgan fingerprint density at radius 1 is 1.44 bits per heavy atom. The first-order valence-electron chi connectivity index (χ1n) is 12.0. The SMILES string of the molecule is C=C(C)[C@@]1(OC)C=C[C@@](C)(CC)O1.CC1=CCC(C(C)C)CC1.Cn1cnc(/C=C/C(=O)O)c1. The molecule has 34 heavy (non-hydrogen) atoms. The Morgan fingerprint density at radius 3 is 2.47 bits per heavy atom. The first kappa shape index (κ1) is 29.6. The van der Waals surface area contributed by atoms with Gasteiger partial charge in [0.2, 0.25) is 5.79 Å². The van der Waals surface area contributed by atoms with E-state index in [0.29, 0.717) is 5.69 Å². The molecule has 190 valence electrons. The molecule has 0 amide bonds. The lowest BCUT2D eigenvalue weighted by Gasteiger charge is -2.32. The molecule has 0 aromatic carbocycles. The van der Waals surface area contributed by atoms with Gasteiger partial charge in [0.25, 0.3) is 0 Å². The van der Waals surface area contributed by atoms with Crippen molar-refractivity contribution in [1.29, 1.82) is 0 Å². The number of carbonyl (C=O) groups is 1. The molecule has 1 aliphatic carbocycles. The highest BCUT2D eigenvalue weighted by molar-refractivity contribution is 5.84. The van der Waals surface area contributed by atoms with E-state index in [0.717, 1.165) is 29.9 Å². The van der Waals surface area contributed by atoms with Gasteiger partial charge >= 0.3 is 5.97 Å². The van der Waals surface area contributed by atoms with Crippen LogP contribution in [0.3, 0.4) is 0 Å². The molecular weight excluding hydrogens is 428 g/mol. The number of carboxylic acids is 1. The molecule has 1 aromatic rings. The topological polar surface area (TPSA) is 73.6 Å². The molecule has 1 N–H and O–H groups in total. The van der Waals surface area contributed by atoms with Crippen LogP contribution in [-0.2, 0) is 21.3 Å². The molecule has 6 nitrogen and oxygen atoms in total. The molecular formula is C28H44N2O4. The first-order valence-corrected chi connectivity index (χ1v) is 12.0.